The monoisotopic (exact) mass is 288 g/mol. The molecule has 0 bridgehead atoms. The van der Waals surface area contributed by atoms with Crippen LogP contribution in [-0.4, -0.2) is 10.2 Å². The van der Waals surface area contributed by atoms with Crippen LogP contribution < -0.4 is 4.74 Å². The van der Waals surface area contributed by atoms with Crippen molar-refractivity contribution in [2.24, 2.45) is 0 Å². The number of benzene rings is 1. The molecule has 0 saturated carbocycles. The molecule has 88 valence electrons. The summed E-state index contributed by atoms with van der Waals surface area (Å²) in [5.41, 5.74) is 0.953. The number of rotatable bonds is 2. The van der Waals surface area contributed by atoms with Gasteiger partial charge in [0.25, 0.3) is 0 Å². The minimum Gasteiger partial charge on any atom is -0.434 e. The van der Waals surface area contributed by atoms with Gasteiger partial charge in [0, 0.05) is 6.07 Å². The normalized spacial score (nSPS) is 10.4. The highest BCUT2D eigenvalue weighted by atomic mass is 35.5. The van der Waals surface area contributed by atoms with Crippen LogP contribution in [0.25, 0.3) is 0 Å². The van der Waals surface area contributed by atoms with Gasteiger partial charge in [0.1, 0.15) is 0 Å². The second-order valence-electron chi connectivity index (χ2n) is 3.35. The fourth-order valence-corrected chi connectivity index (χ4v) is 2.02. The summed E-state index contributed by atoms with van der Waals surface area (Å²) in [5, 5.41) is 8.55. The first-order valence-corrected chi connectivity index (χ1v) is 5.82. The molecule has 1 aromatic heterocycles. The third-order valence-electron chi connectivity index (χ3n) is 1.96. The predicted octanol–water partition coefficient (Wildman–Crippen LogP) is 4.54. The van der Waals surface area contributed by atoms with Crippen LogP contribution in [0.2, 0.25) is 15.2 Å². The quantitative estimate of drug-likeness (QED) is 0.814. The van der Waals surface area contributed by atoms with Crippen LogP contribution in [0, 0.1) is 6.92 Å². The summed E-state index contributed by atoms with van der Waals surface area (Å²) in [6, 6.07) is 6.67. The Morgan fingerprint density at radius 1 is 1.00 bits per heavy atom. The lowest BCUT2D eigenvalue weighted by Crippen LogP contribution is -1.92. The lowest BCUT2D eigenvalue weighted by atomic mass is 10.2. The Balaban J connectivity index is 2.33. The van der Waals surface area contributed by atoms with Crippen LogP contribution >= 0.6 is 34.8 Å². The van der Waals surface area contributed by atoms with Crippen molar-refractivity contribution in [1.29, 1.82) is 0 Å². The molecule has 2 aromatic rings. The third kappa shape index (κ3) is 3.00. The number of nitrogens with zero attached hydrogens (tertiary/aromatic N) is 2. The predicted molar refractivity (Wildman–Crippen MR) is 68.3 cm³/mol. The Labute approximate surface area is 113 Å². The number of aryl methyl sites for hydroxylation is 1. The average molecular weight is 290 g/mol. The molecule has 0 radical (unpaired) electrons. The highest BCUT2D eigenvalue weighted by Crippen LogP contribution is 2.36. The van der Waals surface area contributed by atoms with Crippen LogP contribution in [0.15, 0.2) is 24.3 Å². The van der Waals surface area contributed by atoms with Crippen molar-refractivity contribution in [1.82, 2.24) is 10.2 Å². The Hall–Kier alpha value is -1.03. The fourth-order valence-electron chi connectivity index (χ4n) is 1.25. The Morgan fingerprint density at radius 2 is 1.65 bits per heavy atom. The number of ether oxygens (including phenoxy) is 1. The topological polar surface area (TPSA) is 35.0 Å². The standard InChI is InChI=1S/C11H7Cl3N2O/c1-6-4-7(12)11(8(13)5-6)17-10-3-2-9(14)15-16-10/h2-5H,1H3. The van der Waals surface area contributed by atoms with Crippen LogP contribution in [0.3, 0.4) is 0 Å². The van der Waals surface area contributed by atoms with E-state index in [1.165, 1.54) is 0 Å². The maximum atomic E-state index is 6.03. The maximum Gasteiger partial charge on any atom is 0.239 e. The number of halogens is 3. The molecule has 0 amide bonds. The first-order chi connectivity index (χ1) is 8.06. The second-order valence-corrected chi connectivity index (χ2v) is 4.56. The second kappa shape index (κ2) is 5.08. The zero-order valence-electron chi connectivity index (χ0n) is 8.75. The zero-order chi connectivity index (χ0) is 12.4. The van der Waals surface area contributed by atoms with Crippen LogP contribution in [0.4, 0.5) is 0 Å². The minimum absolute atomic E-state index is 0.280. The number of aromatic nitrogens is 2. The molecule has 0 aliphatic heterocycles. The maximum absolute atomic E-state index is 6.03. The van der Waals surface area contributed by atoms with E-state index in [-0.39, 0.29) is 5.88 Å². The van der Waals surface area contributed by atoms with Crippen molar-refractivity contribution in [3.63, 3.8) is 0 Å². The van der Waals surface area contributed by atoms with Gasteiger partial charge in [0.15, 0.2) is 10.9 Å². The van der Waals surface area contributed by atoms with Crippen molar-refractivity contribution < 1.29 is 4.74 Å². The fraction of sp³-hybridized carbons (Fsp3) is 0.0909. The Bertz CT molecular complexity index is 520. The summed E-state index contributed by atoms with van der Waals surface area (Å²) < 4.78 is 5.45. The molecule has 0 aliphatic carbocycles. The van der Waals surface area contributed by atoms with E-state index in [1.54, 1.807) is 24.3 Å². The SMILES string of the molecule is Cc1cc(Cl)c(Oc2ccc(Cl)nn2)c(Cl)c1. The van der Waals surface area contributed by atoms with E-state index in [2.05, 4.69) is 10.2 Å². The van der Waals surface area contributed by atoms with Gasteiger partial charge in [0.05, 0.1) is 10.0 Å². The smallest absolute Gasteiger partial charge is 0.239 e. The van der Waals surface area contributed by atoms with Gasteiger partial charge < -0.3 is 4.74 Å². The van der Waals surface area contributed by atoms with Gasteiger partial charge in [-0.3, -0.25) is 0 Å². The van der Waals surface area contributed by atoms with E-state index in [9.17, 15) is 0 Å². The van der Waals surface area contributed by atoms with Crippen LogP contribution in [-0.2, 0) is 0 Å². The van der Waals surface area contributed by atoms with Crippen molar-refractivity contribution in [3.8, 4) is 11.6 Å². The molecule has 6 heteroatoms. The highest BCUT2D eigenvalue weighted by molar-refractivity contribution is 6.37. The van der Waals surface area contributed by atoms with Crippen molar-refractivity contribution in [3.05, 3.63) is 45.0 Å². The molecule has 17 heavy (non-hydrogen) atoms. The summed E-state index contributed by atoms with van der Waals surface area (Å²) in [6.07, 6.45) is 0. The lowest BCUT2D eigenvalue weighted by Gasteiger charge is -2.08. The molecule has 0 aliphatic rings. The van der Waals surface area contributed by atoms with E-state index < -0.39 is 0 Å². The van der Waals surface area contributed by atoms with Crippen molar-refractivity contribution in [2.45, 2.75) is 6.92 Å². The van der Waals surface area contributed by atoms with Gasteiger partial charge in [-0.2, -0.15) is 0 Å². The average Bonchev–Trinajstić information content (AvgIpc) is 2.26. The van der Waals surface area contributed by atoms with E-state index >= 15 is 0 Å². The van der Waals surface area contributed by atoms with E-state index in [0.717, 1.165) is 5.56 Å². The molecule has 0 atom stereocenters. The molecular weight excluding hydrogens is 282 g/mol. The molecule has 0 unspecified atom stereocenters. The van der Waals surface area contributed by atoms with E-state index in [0.29, 0.717) is 20.9 Å². The Kier molecular flexibility index (Phi) is 3.72. The summed E-state index contributed by atoms with van der Waals surface area (Å²) in [6.45, 7) is 1.89. The molecule has 0 fully saturated rings. The third-order valence-corrected chi connectivity index (χ3v) is 2.72. The Morgan fingerprint density at radius 3 is 2.18 bits per heavy atom. The molecule has 2 rings (SSSR count). The van der Waals surface area contributed by atoms with Gasteiger partial charge in [0.2, 0.25) is 5.88 Å². The molecule has 1 heterocycles. The van der Waals surface area contributed by atoms with Gasteiger partial charge in [-0.15, -0.1) is 10.2 Å². The first-order valence-electron chi connectivity index (χ1n) is 4.69. The first kappa shape index (κ1) is 12.4. The summed E-state index contributed by atoms with van der Waals surface area (Å²) in [4.78, 5) is 0. The number of hydrogen-bond acceptors (Lipinski definition) is 3. The molecule has 1 aromatic carbocycles. The number of hydrogen-bond donors (Lipinski definition) is 0. The van der Waals surface area contributed by atoms with Gasteiger partial charge in [-0.1, -0.05) is 34.8 Å². The van der Waals surface area contributed by atoms with Gasteiger partial charge in [-0.25, -0.2) is 0 Å². The molecule has 3 nitrogen and oxygen atoms in total. The lowest BCUT2D eigenvalue weighted by molar-refractivity contribution is 0.455. The molecule has 0 spiro atoms. The van der Waals surface area contributed by atoms with Crippen molar-refractivity contribution in [2.75, 3.05) is 0 Å². The minimum atomic E-state index is 0.280. The van der Waals surface area contributed by atoms with E-state index in [1.807, 2.05) is 6.92 Å². The molecule has 0 N–H and O–H groups in total. The largest absolute Gasteiger partial charge is 0.434 e. The summed E-state index contributed by atoms with van der Waals surface area (Å²) >= 11 is 17.7. The van der Waals surface area contributed by atoms with E-state index in [4.69, 9.17) is 39.5 Å². The molecular formula is C11H7Cl3N2O. The highest BCUT2D eigenvalue weighted by Gasteiger charge is 2.10. The summed E-state index contributed by atoms with van der Waals surface area (Å²) in [7, 11) is 0. The van der Waals surface area contributed by atoms with Gasteiger partial charge in [-0.05, 0) is 30.7 Å². The van der Waals surface area contributed by atoms with Crippen LogP contribution in [0.5, 0.6) is 11.6 Å². The zero-order valence-corrected chi connectivity index (χ0v) is 11.0. The van der Waals surface area contributed by atoms with Crippen molar-refractivity contribution >= 4 is 34.8 Å². The molecule has 0 saturated heterocycles. The van der Waals surface area contributed by atoms with Crippen LogP contribution in [0.1, 0.15) is 5.56 Å². The summed E-state index contributed by atoms with van der Waals surface area (Å²) in [5.74, 6) is 0.637. The van der Waals surface area contributed by atoms with Gasteiger partial charge >= 0.3 is 0 Å².